The molecule has 2 aliphatic heterocycles. The summed E-state index contributed by atoms with van der Waals surface area (Å²) < 4.78 is 1.69. The molecule has 12 heteroatoms. The number of hydrogen-bond donors (Lipinski definition) is 0. The summed E-state index contributed by atoms with van der Waals surface area (Å²) in [5, 5.41) is 4.04. The Morgan fingerprint density at radius 1 is 0.367 bits per heavy atom. The molecule has 2 heterocycles. The Labute approximate surface area is 383 Å². The van der Waals surface area contributed by atoms with Crippen molar-refractivity contribution in [1.29, 1.82) is 0 Å². The quantitative estimate of drug-likeness (QED) is 0.0945. The fourth-order valence-electron chi connectivity index (χ4n) is 9.43. The van der Waals surface area contributed by atoms with E-state index in [1.54, 1.807) is 24.3 Å². The summed E-state index contributed by atoms with van der Waals surface area (Å²) in [5.74, 6) is -2.23. The number of rotatable bonds is 6. The summed E-state index contributed by atoms with van der Waals surface area (Å²) in [5.41, 5.74) is 5.27. The molecule has 0 saturated carbocycles. The first kappa shape index (κ1) is 41.6. The molecule has 9 rings (SSSR count). The van der Waals surface area contributed by atoms with Gasteiger partial charge in [0.2, 0.25) is 0 Å². The van der Waals surface area contributed by atoms with Gasteiger partial charge in [-0.1, -0.05) is 134 Å². The van der Waals surface area contributed by atoms with Gasteiger partial charge in [-0.05, 0) is 94.5 Å². The largest absolute Gasteiger partial charge is 0.268 e. The minimum absolute atomic E-state index is 0.0299. The highest BCUT2D eigenvalue weighted by Crippen LogP contribution is 2.55. The average Bonchev–Trinajstić information content (AvgIpc) is 3.17. The number of hydrogen-bond acceptors (Lipinski definition) is 4. The van der Waals surface area contributed by atoms with E-state index in [0.29, 0.717) is 54.5 Å². The minimum atomic E-state index is -0.528. The first-order valence-corrected chi connectivity index (χ1v) is 22.8. The molecule has 0 N–H and O–H groups in total. The van der Waals surface area contributed by atoms with Gasteiger partial charge in [0.1, 0.15) is 0 Å². The smallest absolute Gasteiger partial charge is 0.266 e. The molecular weight excluding hydrogens is 970 g/mol. The normalized spacial score (nSPS) is 14.5. The second-order valence-electron chi connectivity index (χ2n) is 17.0. The maximum Gasteiger partial charge on any atom is 0.266 e. The van der Waals surface area contributed by atoms with Crippen molar-refractivity contribution in [3.8, 4) is 0 Å². The lowest BCUT2D eigenvalue weighted by Gasteiger charge is -2.34. The van der Waals surface area contributed by atoms with Crippen molar-refractivity contribution in [1.82, 2.24) is 0 Å². The second-order valence-corrected chi connectivity index (χ2v) is 20.5. The predicted molar refractivity (Wildman–Crippen MR) is 255 cm³/mol. The molecule has 0 unspecified atom stereocenters. The molecule has 7 aromatic rings. The zero-order valence-electron chi connectivity index (χ0n) is 33.7. The highest BCUT2D eigenvalue weighted by atomic mass is 79.9. The third-order valence-electron chi connectivity index (χ3n) is 12.1. The summed E-state index contributed by atoms with van der Waals surface area (Å²) in [7, 11) is 0. The summed E-state index contributed by atoms with van der Waals surface area (Å²) >= 11 is 36.6. The van der Waals surface area contributed by atoms with Crippen molar-refractivity contribution >= 4 is 156 Å². The molecule has 7 aromatic carbocycles. The van der Waals surface area contributed by atoms with E-state index in [0.717, 1.165) is 31.2 Å². The van der Waals surface area contributed by atoms with Crippen LogP contribution in [-0.4, -0.2) is 23.6 Å². The van der Waals surface area contributed by atoms with Crippen molar-refractivity contribution in [3.05, 3.63) is 122 Å². The van der Waals surface area contributed by atoms with E-state index in [1.165, 1.54) is 9.80 Å². The van der Waals surface area contributed by atoms with Gasteiger partial charge in [0, 0.05) is 72.1 Å². The Hall–Kier alpha value is -3.76. The van der Waals surface area contributed by atoms with E-state index in [1.807, 2.05) is 79.7 Å². The molecule has 0 saturated heterocycles. The predicted octanol–water partition coefficient (Wildman–Crippen LogP) is 16.0. The molecule has 2 aliphatic rings. The van der Waals surface area contributed by atoms with Crippen molar-refractivity contribution in [2.45, 2.75) is 79.1 Å². The van der Waals surface area contributed by atoms with E-state index in [-0.39, 0.29) is 66.0 Å². The number of nitrogens with zero attached hydrogens (tertiary/aromatic N) is 2. The molecule has 60 heavy (non-hydrogen) atoms. The van der Waals surface area contributed by atoms with Crippen LogP contribution in [0.25, 0.3) is 43.1 Å². The number of fused-ring (bicyclic) bond motifs is 2. The SMILES string of the molecule is CC(C)c1cc(Br)cc(C(C)C)c1N1C(=O)c2cc(Cl)c3c4c(Cl)cc5c6c(cc(Cl)c(c7c(Cl)cc(c2c37)C1=O)c64)C(=O)N(c1c(C(C)C)cc(Br)cc1C(C)C)C5=O. The lowest BCUT2D eigenvalue weighted by atomic mass is 9.81. The molecule has 0 aliphatic carbocycles. The maximum absolute atomic E-state index is 15.0. The highest BCUT2D eigenvalue weighted by Gasteiger charge is 2.43. The van der Waals surface area contributed by atoms with Crippen LogP contribution in [0.2, 0.25) is 20.1 Å². The summed E-state index contributed by atoms with van der Waals surface area (Å²) in [6, 6.07) is 14.1. The highest BCUT2D eigenvalue weighted by molar-refractivity contribution is 9.10. The minimum Gasteiger partial charge on any atom is -0.268 e. The Bertz CT molecular complexity index is 2770. The van der Waals surface area contributed by atoms with E-state index in [9.17, 15) is 19.2 Å². The summed E-state index contributed by atoms with van der Waals surface area (Å²) in [4.78, 5) is 62.4. The molecule has 0 aromatic heterocycles. The van der Waals surface area contributed by atoms with Gasteiger partial charge in [0.15, 0.2) is 0 Å². The van der Waals surface area contributed by atoms with Crippen LogP contribution in [0.1, 0.15) is 143 Å². The van der Waals surface area contributed by atoms with Crippen molar-refractivity contribution in [3.63, 3.8) is 0 Å². The van der Waals surface area contributed by atoms with Gasteiger partial charge in [0.25, 0.3) is 23.6 Å². The molecule has 0 spiro atoms. The fraction of sp³-hybridized carbons (Fsp3) is 0.250. The third kappa shape index (κ3) is 5.70. The van der Waals surface area contributed by atoms with Gasteiger partial charge in [-0.15, -0.1) is 0 Å². The van der Waals surface area contributed by atoms with E-state index >= 15 is 0 Å². The molecule has 0 atom stereocenters. The van der Waals surface area contributed by atoms with Crippen LogP contribution in [0.15, 0.2) is 57.5 Å². The molecule has 6 nitrogen and oxygen atoms in total. The van der Waals surface area contributed by atoms with Gasteiger partial charge in [-0.3, -0.25) is 19.2 Å². The van der Waals surface area contributed by atoms with Crippen LogP contribution >= 0.6 is 78.3 Å². The third-order valence-corrected chi connectivity index (χ3v) is 14.2. The van der Waals surface area contributed by atoms with Gasteiger partial charge >= 0.3 is 0 Å². The number of halogens is 6. The lowest BCUT2D eigenvalue weighted by molar-refractivity contribution is 0.0877. The lowest BCUT2D eigenvalue weighted by Crippen LogP contribution is -2.42. The van der Waals surface area contributed by atoms with Crippen LogP contribution in [0.5, 0.6) is 0 Å². The molecular formula is C48H36Br2Cl4N2O4. The van der Waals surface area contributed by atoms with E-state index < -0.39 is 23.6 Å². The average molecular weight is 1010 g/mol. The van der Waals surface area contributed by atoms with Gasteiger partial charge in [-0.25, -0.2) is 9.80 Å². The van der Waals surface area contributed by atoms with Crippen LogP contribution in [0.4, 0.5) is 11.4 Å². The zero-order chi connectivity index (χ0) is 43.3. The molecule has 0 radical (unpaired) electrons. The van der Waals surface area contributed by atoms with Crippen molar-refractivity contribution in [2.24, 2.45) is 0 Å². The van der Waals surface area contributed by atoms with E-state index in [4.69, 9.17) is 46.4 Å². The fourth-order valence-corrected chi connectivity index (χ4v) is 11.6. The summed E-state index contributed by atoms with van der Waals surface area (Å²) in [6.45, 7) is 16.2. The van der Waals surface area contributed by atoms with Crippen molar-refractivity contribution < 1.29 is 19.2 Å². The molecule has 4 amide bonds. The Kier molecular flexibility index (Phi) is 9.98. The van der Waals surface area contributed by atoms with Gasteiger partial charge in [0.05, 0.1) is 33.6 Å². The second kappa shape index (κ2) is 14.4. The maximum atomic E-state index is 15.0. The first-order valence-electron chi connectivity index (χ1n) is 19.7. The van der Waals surface area contributed by atoms with Crippen LogP contribution in [0, 0.1) is 0 Å². The number of benzene rings is 7. The van der Waals surface area contributed by atoms with Crippen LogP contribution in [0.3, 0.4) is 0 Å². The zero-order valence-corrected chi connectivity index (χ0v) is 39.9. The van der Waals surface area contributed by atoms with E-state index in [2.05, 4.69) is 31.9 Å². The molecule has 0 fully saturated rings. The Morgan fingerprint density at radius 3 is 0.783 bits per heavy atom. The van der Waals surface area contributed by atoms with Gasteiger partial charge < -0.3 is 0 Å². The van der Waals surface area contributed by atoms with Crippen molar-refractivity contribution in [2.75, 3.05) is 9.80 Å². The van der Waals surface area contributed by atoms with Crippen LogP contribution in [-0.2, 0) is 0 Å². The van der Waals surface area contributed by atoms with Crippen LogP contribution < -0.4 is 9.80 Å². The topological polar surface area (TPSA) is 74.8 Å². The number of carbonyl (C=O) groups excluding carboxylic acids is 4. The monoisotopic (exact) mass is 1000 g/mol. The first-order chi connectivity index (χ1) is 28.3. The number of carbonyl (C=O) groups is 4. The molecule has 304 valence electrons. The Morgan fingerprint density at radius 2 is 0.583 bits per heavy atom. The number of anilines is 2. The molecule has 0 bridgehead atoms. The Balaban J connectivity index is 1.37. The summed E-state index contributed by atoms with van der Waals surface area (Å²) in [6.07, 6.45) is 0. The number of amides is 4. The standard InChI is InChI=1S/C48H36Br2Cl4N2O4/c1-17(2)23-9-21(49)10-24(18(3)4)43(23)55-45(57)27-13-31(51)37-39-33(53)15-29-36-30(16-34(54)40(42(36)39)38-32(52)14-28(46(55)58)35(27)41(37)38)48(60)56(47(29)59)44-25(19(5)6)11-22(50)12-26(44)20(7)8/h9-20H,1-8H3. The van der Waals surface area contributed by atoms with Gasteiger partial charge in [-0.2, -0.15) is 0 Å². The number of imide groups is 2.